The summed E-state index contributed by atoms with van der Waals surface area (Å²) in [6.45, 7) is 6.06. The standard InChI is InChI=1S/C19H26N6O2/c1-14(2)25-21-18(20-23-25)11-13-24-12-3-4-17(24)16-8-5-15(6-9-16)7-10-19(26)22-27/h5-10,14,17,27H,3-4,11-13H2,1-2H3,(H,22,26)/t17-/m0/s1. The Bertz CT molecular complexity index is 784. The van der Waals surface area contributed by atoms with Crippen LogP contribution < -0.4 is 5.48 Å². The molecule has 0 spiro atoms. The molecule has 0 unspecified atom stereocenters. The summed E-state index contributed by atoms with van der Waals surface area (Å²) in [5, 5.41) is 21.2. The Kier molecular flexibility index (Phi) is 6.31. The maximum absolute atomic E-state index is 11.1. The van der Waals surface area contributed by atoms with Gasteiger partial charge in [0.05, 0.1) is 6.04 Å². The van der Waals surface area contributed by atoms with Crippen molar-refractivity contribution in [1.82, 2.24) is 30.6 Å². The number of nitrogens with one attached hydrogen (secondary N) is 1. The van der Waals surface area contributed by atoms with Gasteiger partial charge in [-0.3, -0.25) is 14.9 Å². The van der Waals surface area contributed by atoms with E-state index in [-0.39, 0.29) is 6.04 Å². The number of carbonyl (C=O) groups is 1. The molecular formula is C19H26N6O2. The van der Waals surface area contributed by atoms with Crippen molar-refractivity contribution in [3.05, 3.63) is 47.3 Å². The fourth-order valence-corrected chi connectivity index (χ4v) is 3.33. The van der Waals surface area contributed by atoms with Gasteiger partial charge in [0.1, 0.15) is 0 Å². The van der Waals surface area contributed by atoms with E-state index in [0.717, 1.165) is 37.3 Å². The molecule has 1 aliphatic rings. The Morgan fingerprint density at radius 1 is 1.37 bits per heavy atom. The fraction of sp³-hybridized carbons (Fsp3) is 0.474. The van der Waals surface area contributed by atoms with E-state index in [1.54, 1.807) is 16.4 Å². The summed E-state index contributed by atoms with van der Waals surface area (Å²) in [6, 6.07) is 8.80. The highest BCUT2D eigenvalue weighted by atomic mass is 16.5. The highest BCUT2D eigenvalue weighted by molar-refractivity contribution is 5.90. The van der Waals surface area contributed by atoms with Crippen LogP contribution in [0.2, 0.25) is 0 Å². The average Bonchev–Trinajstić information content (AvgIpc) is 3.34. The molecule has 8 nitrogen and oxygen atoms in total. The summed E-state index contributed by atoms with van der Waals surface area (Å²) < 4.78 is 0. The second-order valence-electron chi connectivity index (χ2n) is 7.04. The first-order valence-corrected chi connectivity index (χ1v) is 9.31. The summed E-state index contributed by atoms with van der Waals surface area (Å²) in [5.74, 6) is 0.251. The van der Waals surface area contributed by atoms with Gasteiger partial charge in [0.15, 0.2) is 5.82 Å². The summed E-state index contributed by atoms with van der Waals surface area (Å²) in [6.07, 6.45) is 6.07. The van der Waals surface area contributed by atoms with Crippen molar-refractivity contribution in [1.29, 1.82) is 0 Å². The van der Waals surface area contributed by atoms with Crippen molar-refractivity contribution in [2.75, 3.05) is 13.1 Å². The van der Waals surface area contributed by atoms with E-state index in [2.05, 4.69) is 32.4 Å². The van der Waals surface area contributed by atoms with Crippen molar-refractivity contribution in [2.45, 2.75) is 45.2 Å². The van der Waals surface area contributed by atoms with Crippen LogP contribution in [-0.4, -0.2) is 49.3 Å². The predicted octanol–water partition coefficient (Wildman–Crippen LogP) is 2.15. The van der Waals surface area contributed by atoms with Gasteiger partial charge in [-0.15, -0.1) is 10.2 Å². The summed E-state index contributed by atoms with van der Waals surface area (Å²) in [7, 11) is 0. The van der Waals surface area contributed by atoms with Crippen LogP contribution in [0.1, 0.15) is 55.7 Å². The first-order chi connectivity index (χ1) is 13.1. The molecule has 144 valence electrons. The molecule has 8 heteroatoms. The lowest BCUT2D eigenvalue weighted by atomic mass is 10.0. The van der Waals surface area contributed by atoms with E-state index in [9.17, 15) is 4.79 Å². The minimum absolute atomic E-state index is 0.224. The summed E-state index contributed by atoms with van der Waals surface area (Å²) in [4.78, 5) is 15.2. The highest BCUT2D eigenvalue weighted by Gasteiger charge is 2.25. The zero-order valence-corrected chi connectivity index (χ0v) is 15.7. The topological polar surface area (TPSA) is 96.2 Å². The van der Waals surface area contributed by atoms with Crippen LogP contribution in [0.4, 0.5) is 0 Å². The van der Waals surface area contributed by atoms with Crippen LogP contribution in [-0.2, 0) is 11.2 Å². The lowest BCUT2D eigenvalue weighted by molar-refractivity contribution is -0.124. The maximum atomic E-state index is 11.1. The lowest BCUT2D eigenvalue weighted by Gasteiger charge is -2.24. The minimum Gasteiger partial charge on any atom is -0.296 e. The molecule has 1 aromatic heterocycles. The van der Waals surface area contributed by atoms with Gasteiger partial charge < -0.3 is 0 Å². The van der Waals surface area contributed by atoms with E-state index < -0.39 is 5.91 Å². The molecule has 0 aliphatic carbocycles. The van der Waals surface area contributed by atoms with Gasteiger partial charge in [-0.05, 0) is 55.7 Å². The van der Waals surface area contributed by atoms with E-state index >= 15 is 0 Å². The van der Waals surface area contributed by atoms with Gasteiger partial charge in [0.25, 0.3) is 5.91 Å². The largest absolute Gasteiger partial charge is 0.296 e. The molecule has 0 radical (unpaired) electrons. The van der Waals surface area contributed by atoms with Crippen LogP contribution in [0.3, 0.4) is 0 Å². The van der Waals surface area contributed by atoms with Gasteiger partial charge >= 0.3 is 0 Å². The Balaban J connectivity index is 1.60. The third kappa shape index (κ3) is 4.99. The first-order valence-electron chi connectivity index (χ1n) is 9.31. The maximum Gasteiger partial charge on any atom is 0.267 e. The third-order valence-electron chi connectivity index (χ3n) is 4.78. The number of rotatable bonds is 7. The van der Waals surface area contributed by atoms with Gasteiger partial charge in [-0.1, -0.05) is 24.3 Å². The number of benzene rings is 1. The summed E-state index contributed by atoms with van der Waals surface area (Å²) in [5.41, 5.74) is 3.77. The fourth-order valence-electron chi connectivity index (χ4n) is 3.33. The van der Waals surface area contributed by atoms with Gasteiger partial charge in [0, 0.05) is 25.1 Å². The van der Waals surface area contributed by atoms with Crippen molar-refractivity contribution >= 4 is 12.0 Å². The normalized spacial score (nSPS) is 17.9. The molecule has 1 fully saturated rings. The highest BCUT2D eigenvalue weighted by Crippen LogP contribution is 2.32. The molecule has 2 N–H and O–H groups in total. The van der Waals surface area contributed by atoms with Crippen LogP contribution in [0.5, 0.6) is 0 Å². The number of hydrogen-bond acceptors (Lipinski definition) is 6. The van der Waals surface area contributed by atoms with Crippen LogP contribution in [0, 0.1) is 0 Å². The van der Waals surface area contributed by atoms with E-state index in [4.69, 9.17) is 5.21 Å². The number of aromatic nitrogens is 4. The molecule has 3 rings (SSSR count). The van der Waals surface area contributed by atoms with Crippen molar-refractivity contribution in [3.8, 4) is 0 Å². The number of likely N-dealkylation sites (tertiary alicyclic amines) is 1. The zero-order valence-electron chi connectivity index (χ0n) is 15.7. The number of nitrogens with zero attached hydrogens (tertiary/aromatic N) is 5. The number of carbonyl (C=O) groups excluding carboxylic acids is 1. The van der Waals surface area contributed by atoms with E-state index in [1.807, 2.05) is 26.0 Å². The molecule has 1 atom stereocenters. The summed E-state index contributed by atoms with van der Waals surface area (Å²) >= 11 is 0. The Morgan fingerprint density at radius 3 is 2.81 bits per heavy atom. The molecular weight excluding hydrogens is 344 g/mol. The minimum atomic E-state index is -0.538. The predicted molar refractivity (Wildman–Crippen MR) is 101 cm³/mol. The van der Waals surface area contributed by atoms with Gasteiger partial charge in [-0.25, -0.2) is 5.48 Å². The second-order valence-corrected chi connectivity index (χ2v) is 7.04. The van der Waals surface area contributed by atoms with Gasteiger partial charge in [-0.2, -0.15) is 4.80 Å². The third-order valence-corrected chi connectivity index (χ3v) is 4.78. The SMILES string of the molecule is CC(C)n1nnc(CCN2CCC[C@H]2c2ccc(C=CC(=O)NO)cc2)n1. The molecule has 2 heterocycles. The Hall–Kier alpha value is -2.58. The van der Waals surface area contributed by atoms with Crippen molar-refractivity contribution < 1.29 is 10.0 Å². The quantitative estimate of drug-likeness (QED) is 0.440. The molecule has 27 heavy (non-hydrogen) atoms. The Labute approximate surface area is 158 Å². The molecule has 1 aliphatic heterocycles. The second kappa shape index (κ2) is 8.88. The smallest absolute Gasteiger partial charge is 0.267 e. The molecule has 0 bridgehead atoms. The number of amides is 1. The number of hydrogen-bond donors (Lipinski definition) is 2. The molecule has 1 aromatic carbocycles. The Morgan fingerprint density at radius 2 is 2.15 bits per heavy atom. The molecule has 1 saturated heterocycles. The molecule has 2 aromatic rings. The average molecular weight is 370 g/mol. The zero-order chi connectivity index (χ0) is 19.2. The van der Waals surface area contributed by atoms with Crippen LogP contribution in [0.15, 0.2) is 30.3 Å². The molecule has 0 saturated carbocycles. The van der Waals surface area contributed by atoms with Crippen molar-refractivity contribution in [2.24, 2.45) is 0 Å². The first kappa shape index (κ1) is 19.2. The lowest BCUT2D eigenvalue weighted by Crippen LogP contribution is -2.26. The number of hydroxylamine groups is 1. The van der Waals surface area contributed by atoms with Gasteiger partial charge in [0.2, 0.25) is 0 Å². The monoisotopic (exact) mass is 370 g/mol. The van der Waals surface area contributed by atoms with E-state index in [1.165, 1.54) is 18.1 Å². The van der Waals surface area contributed by atoms with E-state index in [0.29, 0.717) is 6.04 Å². The van der Waals surface area contributed by atoms with Crippen LogP contribution in [0.25, 0.3) is 6.08 Å². The van der Waals surface area contributed by atoms with Crippen LogP contribution >= 0.6 is 0 Å². The molecule has 1 amide bonds. The van der Waals surface area contributed by atoms with Crippen molar-refractivity contribution in [3.63, 3.8) is 0 Å². The number of tetrazole rings is 1.